The predicted octanol–water partition coefficient (Wildman–Crippen LogP) is 4.67. The number of aliphatic hydroxyl groups excluding tert-OH is 1. The number of piperazine rings is 1. The number of nitrogens with zero attached hydrogens (tertiary/aromatic N) is 5. The number of aryl methyl sites for hydroxylation is 2. The second-order valence-electron chi connectivity index (χ2n) is 9.42. The zero-order chi connectivity index (χ0) is 25.2. The number of halogens is 1. The Morgan fingerprint density at radius 3 is 2.58 bits per heavy atom. The van der Waals surface area contributed by atoms with Crippen molar-refractivity contribution in [3.8, 4) is 11.1 Å². The zero-order valence-electron chi connectivity index (χ0n) is 20.8. The Morgan fingerprint density at radius 2 is 1.89 bits per heavy atom. The van der Waals surface area contributed by atoms with Crippen LogP contribution in [0.2, 0.25) is 5.02 Å². The van der Waals surface area contributed by atoms with Gasteiger partial charge >= 0.3 is 0 Å². The van der Waals surface area contributed by atoms with Crippen LogP contribution < -0.4 is 10.2 Å². The standard InChI is InChI=1S/C27H31ClN6O2/c1-17(35)16-33-9-11-34(12-10-33)27-30-24-8-7-21(25-18(2)32-36-19(25)3)14-23(24)26(31-27)29-15-20-5-4-6-22(28)13-20/h4-8,13-14,17,35H,9-12,15-16H2,1-3H3,(H,29,30,31)/t17-/m1/s1. The number of aliphatic hydroxyl groups is 1. The first kappa shape index (κ1) is 24.5. The molecule has 0 radical (unpaired) electrons. The van der Waals surface area contributed by atoms with Gasteiger partial charge in [-0.05, 0) is 56.2 Å². The van der Waals surface area contributed by atoms with Gasteiger partial charge in [0.2, 0.25) is 5.95 Å². The zero-order valence-corrected chi connectivity index (χ0v) is 21.6. The molecule has 1 fully saturated rings. The van der Waals surface area contributed by atoms with E-state index in [4.69, 9.17) is 26.1 Å². The smallest absolute Gasteiger partial charge is 0.227 e. The molecular formula is C27H31ClN6O2. The minimum absolute atomic E-state index is 0.331. The topological polar surface area (TPSA) is 90.6 Å². The maximum atomic E-state index is 9.73. The summed E-state index contributed by atoms with van der Waals surface area (Å²) in [5.74, 6) is 2.26. The van der Waals surface area contributed by atoms with E-state index in [1.165, 1.54) is 0 Å². The summed E-state index contributed by atoms with van der Waals surface area (Å²) in [5, 5.41) is 19.0. The molecule has 8 nitrogen and oxygen atoms in total. The minimum atomic E-state index is -0.331. The number of nitrogens with one attached hydrogen (secondary N) is 1. The van der Waals surface area contributed by atoms with Crippen molar-refractivity contribution in [3.63, 3.8) is 0 Å². The molecule has 2 aromatic heterocycles. The summed E-state index contributed by atoms with van der Waals surface area (Å²) in [5.41, 5.74) is 4.82. The van der Waals surface area contributed by atoms with Gasteiger partial charge in [-0.25, -0.2) is 4.98 Å². The van der Waals surface area contributed by atoms with Crippen LogP contribution in [0, 0.1) is 13.8 Å². The number of aromatic nitrogens is 3. The van der Waals surface area contributed by atoms with Crippen LogP contribution in [0.3, 0.4) is 0 Å². The molecule has 1 atom stereocenters. The summed E-state index contributed by atoms with van der Waals surface area (Å²) in [6.07, 6.45) is -0.331. The fourth-order valence-corrected chi connectivity index (χ4v) is 4.99. The van der Waals surface area contributed by atoms with Gasteiger partial charge in [0, 0.05) is 55.2 Å². The number of rotatable bonds is 7. The van der Waals surface area contributed by atoms with Crippen LogP contribution in [0.5, 0.6) is 0 Å². The molecule has 0 spiro atoms. The number of benzene rings is 2. The maximum absolute atomic E-state index is 9.73. The third-order valence-corrected chi connectivity index (χ3v) is 6.77. The van der Waals surface area contributed by atoms with Crippen molar-refractivity contribution >= 4 is 34.3 Å². The largest absolute Gasteiger partial charge is 0.392 e. The Bertz CT molecular complexity index is 1340. The number of anilines is 2. The van der Waals surface area contributed by atoms with E-state index in [1.807, 2.05) is 51.1 Å². The van der Waals surface area contributed by atoms with Crippen molar-refractivity contribution in [1.29, 1.82) is 0 Å². The molecule has 3 heterocycles. The normalized spacial score (nSPS) is 15.4. The summed E-state index contributed by atoms with van der Waals surface area (Å²) in [6.45, 7) is 10.3. The fraction of sp³-hybridized carbons (Fsp3) is 0.370. The number of fused-ring (bicyclic) bond motifs is 1. The molecule has 188 valence electrons. The van der Waals surface area contributed by atoms with Crippen LogP contribution in [-0.4, -0.2) is 64.0 Å². The molecule has 0 aliphatic carbocycles. The molecule has 0 amide bonds. The third kappa shape index (κ3) is 5.31. The van der Waals surface area contributed by atoms with Crippen LogP contribution in [0.25, 0.3) is 22.0 Å². The lowest BCUT2D eigenvalue weighted by Crippen LogP contribution is -2.48. The van der Waals surface area contributed by atoms with Crippen molar-refractivity contribution in [2.45, 2.75) is 33.4 Å². The van der Waals surface area contributed by atoms with E-state index in [0.29, 0.717) is 24.1 Å². The molecule has 0 saturated carbocycles. The van der Waals surface area contributed by atoms with Gasteiger partial charge in [0.1, 0.15) is 11.6 Å². The molecule has 4 aromatic rings. The summed E-state index contributed by atoms with van der Waals surface area (Å²) < 4.78 is 5.40. The van der Waals surface area contributed by atoms with Crippen LogP contribution in [0.4, 0.5) is 11.8 Å². The van der Waals surface area contributed by atoms with Crippen molar-refractivity contribution in [2.24, 2.45) is 0 Å². The third-order valence-electron chi connectivity index (χ3n) is 6.53. The molecule has 0 bridgehead atoms. The highest BCUT2D eigenvalue weighted by atomic mass is 35.5. The van der Waals surface area contributed by atoms with E-state index < -0.39 is 0 Å². The molecule has 36 heavy (non-hydrogen) atoms. The van der Waals surface area contributed by atoms with E-state index in [0.717, 1.165) is 71.0 Å². The molecule has 0 unspecified atom stereocenters. The van der Waals surface area contributed by atoms with E-state index >= 15 is 0 Å². The fourth-order valence-electron chi connectivity index (χ4n) is 4.78. The number of hydrogen-bond acceptors (Lipinski definition) is 8. The van der Waals surface area contributed by atoms with E-state index in [2.05, 4.69) is 32.4 Å². The SMILES string of the molecule is Cc1noc(C)c1-c1ccc2nc(N3CCN(C[C@@H](C)O)CC3)nc(NCc3cccc(Cl)c3)c2c1. The minimum Gasteiger partial charge on any atom is -0.392 e. The summed E-state index contributed by atoms with van der Waals surface area (Å²) in [7, 11) is 0. The highest BCUT2D eigenvalue weighted by Crippen LogP contribution is 2.32. The van der Waals surface area contributed by atoms with Crippen LogP contribution >= 0.6 is 11.6 Å². The van der Waals surface area contributed by atoms with Gasteiger partial charge in [0.05, 0.1) is 17.3 Å². The first-order valence-corrected chi connectivity index (χ1v) is 12.6. The Labute approximate surface area is 215 Å². The van der Waals surface area contributed by atoms with Gasteiger partial charge in [0.15, 0.2) is 0 Å². The van der Waals surface area contributed by atoms with Crippen molar-refractivity contribution < 1.29 is 9.63 Å². The molecule has 1 aliphatic rings. The molecule has 9 heteroatoms. The highest BCUT2D eigenvalue weighted by Gasteiger charge is 2.22. The van der Waals surface area contributed by atoms with E-state index in [-0.39, 0.29) is 6.10 Å². The monoisotopic (exact) mass is 506 g/mol. The Balaban J connectivity index is 1.49. The second-order valence-corrected chi connectivity index (χ2v) is 9.86. The Hall–Kier alpha value is -3.20. The molecule has 1 saturated heterocycles. The average molecular weight is 507 g/mol. The van der Waals surface area contributed by atoms with Crippen LogP contribution in [-0.2, 0) is 6.54 Å². The van der Waals surface area contributed by atoms with Crippen molar-refractivity contribution in [1.82, 2.24) is 20.0 Å². The lowest BCUT2D eigenvalue weighted by molar-refractivity contribution is 0.122. The van der Waals surface area contributed by atoms with Gasteiger partial charge in [-0.2, -0.15) is 4.98 Å². The van der Waals surface area contributed by atoms with E-state index in [1.54, 1.807) is 0 Å². The van der Waals surface area contributed by atoms with Gasteiger partial charge < -0.3 is 19.8 Å². The van der Waals surface area contributed by atoms with Gasteiger partial charge in [-0.3, -0.25) is 4.90 Å². The number of hydrogen-bond donors (Lipinski definition) is 2. The van der Waals surface area contributed by atoms with Crippen molar-refractivity contribution in [3.05, 3.63) is 64.5 Å². The van der Waals surface area contributed by atoms with Gasteiger partial charge in [-0.1, -0.05) is 35.0 Å². The first-order valence-electron chi connectivity index (χ1n) is 12.3. The molecule has 1 aliphatic heterocycles. The average Bonchev–Trinajstić information content (AvgIpc) is 3.20. The molecule has 2 N–H and O–H groups in total. The summed E-state index contributed by atoms with van der Waals surface area (Å²) in [4.78, 5) is 14.4. The van der Waals surface area contributed by atoms with Crippen LogP contribution in [0.15, 0.2) is 47.0 Å². The van der Waals surface area contributed by atoms with Crippen molar-refractivity contribution in [2.75, 3.05) is 42.9 Å². The molecular weight excluding hydrogens is 476 g/mol. The molecule has 2 aromatic carbocycles. The molecule has 5 rings (SSSR count). The lowest BCUT2D eigenvalue weighted by Gasteiger charge is -2.35. The highest BCUT2D eigenvalue weighted by molar-refractivity contribution is 6.30. The second kappa shape index (κ2) is 10.4. The quantitative estimate of drug-likeness (QED) is 0.373. The van der Waals surface area contributed by atoms with Gasteiger partial charge in [-0.15, -0.1) is 0 Å². The maximum Gasteiger partial charge on any atom is 0.227 e. The first-order chi connectivity index (χ1) is 17.4. The number of β-amino-alcohol motifs (C(OH)–C–C–N with tert-alkyl or cyclic N) is 1. The predicted molar refractivity (Wildman–Crippen MR) is 144 cm³/mol. The Morgan fingerprint density at radius 1 is 1.08 bits per heavy atom. The van der Waals surface area contributed by atoms with Gasteiger partial charge in [0.25, 0.3) is 0 Å². The lowest BCUT2D eigenvalue weighted by atomic mass is 10.0. The van der Waals surface area contributed by atoms with E-state index in [9.17, 15) is 5.11 Å². The summed E-state index contributed by atoms with van der Waals surface area (Å²) in [6, 6.07) is 14.0. The summed E-state index contributed by atoms with van der Waals surface area (Å²) >= 11 is 6.20. The van der Waals surface area contributed by atoms with Crippen LogP contribution in [0.1, 0.15) is 23.9 Å². The Kier molecular flexibility index (Phi) is 7.09.